The average molecular weight is 293 g/mol. The molecule has 4 rings (SSSR count). The Labute approximate surface area is 131 Å². The number of likely N-dealkylation sites (N-methyl/N-ethyl adjacent to an activating group) is 1. The van der Waals surface area contributed by atoms with Gasteiger partial charge in [0.1, 0.15) is 0 Å². The normalized spacial score (nSPS) is 39.7. The fraction of sp³-hybridized carbons (Fsp3) is 1.00. The van der Waals surface area contributed by atoms with Gasteiger partial charge in [0.15, 0.2) is 0 Å². The maximum Gasteiger partial charge on any atom is 0.0624 e. The molecule has 1 atom stereocenters. The third kappa shape index (κ3) is 3.47. The summed E-state index contributed by atoms with van der Waals surface area (Å²) in [6.45, 7) is 8.72. The monoisotopic (exact) mass is 293 g/mol. The molecule has 2 heteroatoms. The van der Waals surface area contributed by atoms with Crippen LogP contribution in [0.1, 0.15) is 65.7 Å². The predicted octanol–water partition coefficient (Wildman–Crippen LogP) is 4.24. The first kappa shape index (κ1) is 15.8. The van der Waals surface area contributed by atoms with Crippen molar-refractivity contribution >= 4 is 0 Å². The van der Waals surface area contributed by atoms with Crippen molar-refractivity contribution in [1.29, 1.82) is 0 Å². The number of hydrogen-bond acceptors (Lipinski definition) is 2. The van der Waals surface area contributed by atoms with Crippen LogP contribution < -0.4 is 5.32 Å². The van der Waals surface area contributed by atoms with E-state index in [0.29, 0.717) is 16.9 Å². The lowest BCUT2D eigenvalue weighted by molar-refractivity contribution is -0.0880. The van der Waals surface area contributed by atoms with Gasteiger partial charge in [-0.1, -0.05) is 20.8 Å². The van der Waals surface area contributed by atoms with Crippen LogP contribution in [0.3, 0.4) is 0 Å². The highest BCUT2D eigenvalue weighted by molar-refractivity contribution is 5.05. The molecule has 2 nitrogen and oxygen atoms in total. The van der Waals surface area contributed by atoms with Crippen molar-refractivity contribution in [2.45, 2.75) is 71.8 Å². The first-order valence-electron chi connectivity index (χ1n) is 9.15. The Bertz CT molecular complexity index is 322. The summed E-state index contributed by atoms with van der Waals surface area (Å²) in [5.74, 6) is 3.09. The van der Waals surface area contributed by atoms with Gasteiger partial charge in [-0.25, -0.2) is 0 Å². The van der Waals surface area contributed by atoms with E-state index in [1.807, 2.05) is 0 Å². The molecule has 1 unspecified atom stereocenters. The highest BCUT2D eigenvalue weighted by Gasteiger charge is 2.53. The molecule has 0 amide bonds. The minimum absolute atomic E-state index is 0.385. The number of nitrogens with one attached hydrogen (secondary N) is 1. The van der Waals surface area contributed by atoms with E-state index in [2.05, 4.69) is 33.1 Å². The molecule has 0 radical (unpaired) electrons. The topological polar surface area (TPSA) is 21.3 Å². The summed E-state index contributed by atoms with van der Waals surface area (Å²) < 4.78 is 6.09. The van der Waals surface area contributed by atoms with Crippen molar-refractivity contribution in [3.8, 4) is 0 Å². The predicted molar refractivity (Wildman–Crippen MR) is 88.3 cm³/mol. The zero-order chi connectivity index (χ0) is 15.1. The molecule has 0 spiro atoms. The lowest BCUT2D eigenvalue weighted by atomic mass is 9.48. The molecular formula is C19H35NO. The molecule has 21 heavy (non-hydrogen) atoms. The van der Waals surface area contributed by atoms with Crippen molar-refractivity contribution in [1.82, 2.24) is 5.32 Å². The second kappa shape index (κ2) is 5.85. The first-order chi connectivity index (χ1) is 9.90. The van der Waals surface area contributed by atoms with Gasteiger partial charge in [-0.3, -0.25) is 0 Å². The smallest absolute Gasteiger partial charge is 0.0624 e. The molecule has 1 N–H and O–H groups in total. The van der Waals surface area contributed by atoms with Gasteiger partial charge >= 0.3 is 0 Å². The summed E-state index contributed by atoms with van der Waals surface area (Å²) in [5, 5.41) is 3.63. The van der Waals surface area contributed by atoms with E-state index in [-0.39, 0.29) is 0 Å². The van der Waals surface area contributed by atoms with Gasteiger partial charge in [0.25, 0.3) is 0 Å². The van der Waals surface area contributed by atoms with E-state index in [0.717, 1.165) is 37.4 Å². The lowest BCUT2D eigenvalue weighted by Gasteiger charge is -2.59. The van der Waals surface area contributed by atoms with Crippen LogP contribution in [0.4, 0.5) is 0 Å². The van der Waals surface area contributed by atoms with Gasteiger partial charge in [0.2, 0.25) is 0 Å². The largest absolute Gasteiger partial charge is 0.380 e. The Morgan fingerprint density at radius 2 is 1.57 bits per heavy atom. The highest BCUT2D eigenvalue weighted by atomic mass is 16.5. The third-order valence-electron chi connectivity index (χ3n) is 6.45. The number of hydrogen-bond donors (Lipinski definition) is 1. The Hall–Kier alpha value is -0.0800. The molecule has 4 aliphatic rings. The van der Waals surface area contributed by atoms with Gasteiger partial charge in [-0.15, -0.1) is 0 Å². The zero-order valence-electron chi connectivity index (χ0n) is 14.6. The van der Waals surface area contributed by atoms with E-state index in [1.165, 1.54) is 38.5 Å². The lowest BCUT2D eigenvalue weighted by Crippen LogP contribution is -2.56. The molecule has 4 bridgehead atoms. The molecule has 4 aliphatic carbocycles. The first-order valence-corrected chi connectivity index (χ1v) is 9.15. The maximum absolute atomic E-state index is 6.09. The summed E-state index contributed by atoms with van der Waals surface area (Å²) in [6.07, 6.45) is 10.1. The summed E-state index contributed by atoms with van der Waals surface area (Å²) in [5.41, 5.74) is 0.945. The molecule has 0 heterocycles. The maximum atomic E-state index is 6.09. The number of rotatable bonds is 6. The molecule has 0 aromatic heterocycles. The minimum atomic E-state index is 0.385. The highest BCUT2D eigenvalue weighted by Crippen LogP contribution is 2.61. The average Bonchev–Trinajstić information content (AvgIpc) is 2.35. The van der Waals surface area contributed by atoms with Crippen LogP contribution in [0.15, 0.2) is 0 Å². The Balaban J connectivity index is 1.56. The van der Waals surface area contributed by atoms with Crippen LogP contribution in [-0.4, -0.2) is 26.3 Å². The van der Waals surface area contributed by atoms with Crippen LogP contribution in [0.25, 0.3) is 0 Å². The van der Waals surface area contributed by atoms with E-state index in [4.69, 9.17) is 4.74 Å². The molecule has 4 saturated carbocycles. The van der Waals surface area contributed by atoms with Crippen LogP contribution in [0.2, 0.25) is 0 Å². The molecular weight excluding hydrogens is 258 g/mol. The summed E-state index contributed by atoms with van der Waals surface area (Å²) in [6, 6.07) is 0.575. The van der Waals surface area contributed by atoms with E-state index < -0.39 is 0 Å². The van der Waals surface area contributed by atoms with E-state index >= 15 is 0 Å². The van der Waals surface area contributed by atoms with Crippen molar-refractivity contribution < 1.29 is 4.74 Å². The molecule has 4 fully saturated rings. The van der Waals surface area contributed by atoms with E-state index in [1.54, 1.807) is 0 Å². The van der Waals surface area contributed by atoms with Crippen molar-refractivity contribution in [3.63, 3.8) is 0 Å². The molecule has 122 valence electrons. The van der Waals surface area contributed by atoms with Crippen molar-refractivity contribution in [2.75, 3.05) is 20.3 Å². The third-order valence-corrected chi connectivity index (χ3v) is 6.45. The fourth-order valence-corrected chi connectivity index (χ4v) is 5.75. The Morgan fingerprint density at radius 1 is 1.05 bits per heavy atom. The van der Waals surface area contributed by atoms with Crippen LogP contribution in [0.5, 0.6) is 0 Å². The summed E-state index contributed by atoms with van der Waals surface area (Å²) in [7, 11) is 2.15. The quantitative estimate of drug-likeness (QED) is 0.739. The van der Waals surface area contributed by atoms with Gasteiger partial charge in [-0.2, -0.15) is 0 Å². The van der Waals surface area contributed by atoms with Crippen LogP contribution in [0, 0.1) is 28.6 Å². The standard InChI is InChI=1S/C19H35NO/c1-18(2,3)5-6-21-13-17(20-4)19-10-14-7-15(11-19)9-16(8-14)12-19/h14-17,20H,5-13H2,1-4H3. The molecule has 0 saturated heterocycles. The summed E-state index contributed by atoms with van der Waals surface area (Å²) >= 11 is 0. The molecule has 0 aromatic carbocycles. The molecule has 0 aliphatic heterocycles. The van der Waals surface area contributed by atoms with Gasteiger partial charge in [0, 0.05) is 12.6 Å². The Morgan fingerprint density at radius 3 is 2.00 bits per heavy atom. The Kier molecular flexibility index (Phi) is 4.40. The summed E-state index contributed by atoms with van der Waals surface area (Å²) in [4.78, 5) is 0. The minimum Gasteiger partial charge on any atom is -0.380 e. The van der Waals surface area contributed by atoms with Gasteiger partial charge in [-0.05, 0) is 80.6 Å². The second-order valence-electron chi connectivity index (χ2n) is 9.51. The van der Waals surface area contributed by atoms with Crippen molar-refractivity contribution in [2.24, 2.45) is 28.6 Å². The second-order valence-corrected chi connectivity index (χ2v) is 9.51. The van der Waals surface area contributed by atoms with E-state index in [9.17, 15) is 0 Å². The fourth-order valence-electron chi connectivity index (χ4n) is 5.75. The van der Waals surface area contributed by atoms with Crippen LogP contribution in [-0.2, 0) is 4.74 Å². The zero-order valence-corrected chi connectivity index (χ0v) is 14.6. The van der Waals surface area contributed by atoms with Crippen molar-refractivity contribution in [3.05, 3.63) is 0 Å². The van der Waals surface area contributed by atoms with Crippen LogP contribution >= 0.6 is 0 Å². The van der Waals surface area contributed by atoms with Gasteiger partial charge < -0.3 is 10.1 Å². The van der Waals surface area contributed by atoms with Gasteiger partial charge in [0.05, 0.1) is 6.61 Å². The number of ether oxygens (including phenoxy) is 1. The molecule has 0 aromatic rings. The SMILES string of the molecule is CNC(COCCC(C)(C)C)C12CC3CC(CC(C3)C1)C2.